The van der Waals surface area contributed by atoms with Crippen LogP contribution in [0.3, 0.4) is 0 Å². The van der Waals surface area contributed by atoms with Crippen LogP contribution in [-0.2, 0) is 19.3 Å². The lowest BCUT2D eigenvalue weighted by Crippen LogP contribution is -2.24. The van der Waals surface area contributed by atoms with Crippen LogP contribution in [0.2, 0.25) is 0 Å². The van der Waals surface area contributed by atoms with Crippen LogP contribution in [0.5, 0.6) is 0 Å². The number of hydrogen-bond acceptors (Lipinski definition) is 3. The lowest BCUT2D eigenvalue weighted by molar-refractivity contribution is 0.0957. The van der Waals surface area contributed by atoms with E-state index in [1.165, 1.54) is 23.3 Å². The van der Waals surface area contributed by atoms with Crippen molar-refractivity contribution in [1.82, 2.24) is 15.3 Å². The maximum absolute atomic E-state index is 12.3. The van der Waals surface area contributed by atoms with E-state index < -0.39 is 0 Å². The van der Waals surface area contributed by atoms with Gasteiger partial charge < -0.3 is 10.3 Å². The summed E-state index contributed by atoms with van der Waals surface area (Å²) in [5, 5.41) is 3.04. The van der Waals surface area contributed by atoms with Gasteiger partial charge in [-0.2, -0.15) is 0 Å². The first-order valence-electron chi connectivity index (χ1n) is 8.63. The number of nitrogens with one attached hydrogen (secondary N) is 2. The highest BCUT2D eigenvalue weighted by molar-refractivity contribution is 7.14. The summed E-state index contributed by atoms with van der Waals surface area (Å²) in [6, 6.07) is 10.1. The van der Waals surface area contributed by atoms with E-state index >= 15 is 0 Å². The Hall–Kier alpha value is -2.14. The van der Waals surface area contributed by atoms with Crippen LogP contribution in [0.15, 0.2) is 30.3 Å². The Kier molecular flexibility index (Phi) is 4.34. The van der Waals surface area contributed by atoms with Crippen LogP contribution in [0.1, 0.15) is 45.2 Å². The van der Waals surface area contributed by atoms with Crippen LogP contribution in [0.25, 0.3) is 11.0 Å². The Morgan fingerprint density at radius 3 is 3.00 bits per heavy atom. The van der Waals surface area contributed by atoms with Crippen LogP contribution < -0.4 is 5.32 Å². The fourth-order valence-electron chi connectivity index (χ4n) is 3.27. The Labute approximate surface area is 145 Å². The number of benzene rings is 1. The molecule has 4 rings (SSSR count). The highest BCUT2D eigenvalue weighted by Crippen LogP contribution is 2.29. The zero-order valence-corrected chi connectivity index (χ0v) is 14.4. The van der Waals surface area contributed by atoms with Gasteiger partial charge in [0.2, 0.25) is 0 Å². The topological polar surface area (TPSA) is 57.8 Å². The third-order valence-electron chi connectivity index (χ3n) is 4.53. The minimum absolute atomic E-state index is 0.0685. The van der Waals surface area contributed by atoms with Gasteiger partial charge >= 0.3 is 0 Å². The van der Waals surface area contributed by atoms with E-state index in [2.05, 4.69) is 21.4 Å². The standard InChI is InChI=1S/C19H21N3OS/c23-19(17-12-13-6-1-4-9-16(13)24-17)20-11-5-10-18-21-14-7-2-3-8-15(14)22-18/h2-3,7-8,12H,1,4-6,9-11H2,(H,20,23)(H,21,22). The van der Waals surface area contributed by atoms with Gasteiger partial charge in [-0.15, -0.1) is 11.3 Å². The van der Waals surface area contributed by atoms with Crippen LogP contribution >= 0.6 is 11.3 Å². The van der Waals surface area contributed by atoms with Gasteiger partial charge in [-0.25, -0.2) is 4.98 Å². The summed E-state index contributed by atoms with van der Waals surface area (Å²) in [5.74, 6) is 1.05. The number of H-pyrrole nitrogens is 1. The summed E-state index contributed by atoms with van der Waals surface area (Å²) in [6.07, 6.45) is 6.51. The number of aromatic nitrogens is 2. The number of carbonyl (C=O) groups excluding carboxylic acids is 1. The molecule has 5 heteroatoms. The second kappa shape index (κ2) is 6.77. The van der Waals surface area contributed by atoms with Gasteiger partial charge in [0.1, 0.15) is 5.82 Å². The van der Waals surface area contributed by atoms with E-state index in [1.807, 2.05) is 24.3 Å². The average molecular weight is 339 g/mol. The molecule has 0 radical (unpaired) electrons. The first-order valence-corrected chi connectivity index (χ1v) is 9.44. The molecule has 24 heavy (non-hydrogen) atoms. The normalized spacial score (nSPS) is 13.8. The number of carbonyl (C=O) groups is 1. The first kappa shape index (κ1) is 15.4. The van der Waals surface area contributed by atoms with Crippen LogP contribution in [-0.4, -0.2) is 22.4 Å². The van der Waals surface area contributed by atoms with Crippen molar-refractivity contribution in [3.8, 4) is 0 Å². The second-order valence-corrected chi connectivity index (χ2v) is 7.46. The highest BCUT2D eigenvalue weighted by Gasteiger charge is 2.16. The molecule has 1 amide bonds. The van der Waals surface area contributed by atoms with E-state index in [1.54, 1.807) is 11.3 Å². The van der Waals surface area contributed by atoms with E-state index in [0.29, 0.717) is 6.54 Å². The molecular formula is C19H21N3OS. The summed E-state index contributed by atoms with van der Waals surface area (Å²) in [7, 11) is 0. The summed E-state index contributed by atoms with van der Waals surface area (Å²) >= 11 is 1.67. The summed E-state index contributed by atoms with van der Waals surface area (Å²) < 4.78 is 0. The molecular weight excluding hydrogens is 318 g/mol. The fourth-order valence-corrected chi connectivity index (χ4v) is 4.44. The molecule has 0 fully saturated rings. The van der Waals surface area contributed by atoms with Crippen molar-refractivity contribution >= 4 is 28.3 Å². The number of hydrogen-bond donors (Lipinski definition) is 2. The molecule has 2 N–H and O–H groups in total. The number of nitrogens with zero attached hydrogens (tertiary/aromatic N) is 1. The van der Waals surface area contributed by atoms with Gasteiger partial charge in [-0.05, 0) is 55.9 Å². The number of aromatic amines is 1. The van der Waals surface area contributed by atoms with Crippen molar-refractivity contribution in [3.63, 3.8) is 0 Å². The number of aryl methyl sites for hydroxylation is 3. The molecule has 0 aliphatic heterocycles. The van der Waals surface area contributed by atoms with Crippen molar-refractivity contribution < 1.29 is 4.79 Å². The first-order chi connectivity index (χ1) is 11.8. The third kappa shape index (κ3) is 3.22. The maximum atomic E-state index is 12.3. The Bertz CT molecular complexity index is 808. The molecule has 1 aliphatic carbocycles. The van der Waals surface area contributed by atoms with Crippen LogP contribution in [0.4, 0.5) is 0 Å². The van der Waals surface area contributed by atoms with Crippen molar-refractivity contribution in [2.45, 2.75) is 38.5 Å². The molecule has 0 saturated carbocycles. The van der Waals surface area contributed by atoms with Crippen molar-refractivity contribution in [2.24, 2.45) is 0 Å². The average Bonchev–Trinajstić information content (AvgIpc) is 3.21. The molecule has 0 bridgehead atoms. The predicted octanol–water partition coefficient (Wildman–Crippen LogP) is 3.87. The predicted molar refractivity (Wildman–Crippen MR) is 97.7 cm³/mol. The molecule has 1 aromatic carbocycles. The third-order valence-corrected chi connectivity index (χ3v) is 5.77. The quantitative estimate of drug-likeness (QED) is 0.693. The van der Waals surface area contributed by atoms with Crippen molar-refractivity contribution in [1.29, 1.82) is 0 Å². The summed E-state index contributed by atoms with van der Waals surface area (Å²) in [6.45, 7) is 0.679. The summed E-state index contributed by atoms with van der Waals surface area (Å²) in [4.78, 5) is 22.5. The minimum atomic E-state index is 0.0685. The number of fused-ring (bicyclic) bond motifs is 2. The van der Waals surface area contributed by atoms with Gasteiger partial charge in [0.15, 0.2) is 0 Å². The van der Waals surface area contributed by atoms with E-state index in [0.717, 1.165) is 47.4 Å². The van der Waals surface area contributed by atoms with E-state index in [9.17, 15) is 4.79 Å². The molecule has 2 aromatic heterocycles. The van der Waals surface area contributed by atoms with E-state index in [-0.39, 0.29) is 5.91 Å². The molecule has 0 unspecified atom stereocenters. The molecule has 124 valence electrons. The largest absolute Gasteiger partial charge is 0.351 e. The number of imidazole rings is 1. The zero-order valence-electron chi connectivity index (χ0n) is 13.6. The van der Waals surface area contributed by atoms with Gasteiger partial charge in [-0.3, -0.25) is 4.79 Å². The van der Waals surface area contributed by atoms with Gasteiger partial charge in [-0.1, -0.05) is 12.1 Å². The number of rotatable bonds is 5. The van der Waals surface area contributed by atoms with E-state index in [4.69, 9.17) is 0 Å². The molecule has 3 aromatic rings. The smallest absolute Gasteiger partial charge is 0.261 e. The zero-order chi connectivity index (χ0) is 16.4. The van der Waals surface area contributed by atoms with Gasteiger partial charge in [0.05, 0.1) is 15.9 Å². The molecule has 2 heterocycles. The number of para-hydroxylation sites is 2. The van der Waals surface area contributed by atoms with Crippen LogP contribution in [0, 0.1) is 0 Å². The Morgan fingerprint density at radius 1 is 1.25 bits per heavy atom. The van der Waals surface area contributed by atoms with Gasteiger partial charge in [0.25, 0.3) is 5.91 Å². The number of amides is 1. The monoisotopic (exact) mass is 339 g/mol. The maximum Gasteiger partial charge on any atom is 0.261 e. The molecule has 0 atom stereocenters. The van der Waals surface area contributed by atoms with Crippen molar-refractivity contribution in [3.05, 3.63) is 51.5 Å². The molecule has 0 saturated heterocycles. The van der Waals surface area contributed by atoms with Crippen molar-refractivity contribution in [2.75, 3.05) is 6.54 Å². The Morgan fingerprint density at radius 2 is 2.12 bits per heavy atom. The summed E-state index contributed by atoms with van der Waals surface area (Å²) in [5.41, 5.74) is 3.46. The lowest BCUT2D eigenvalue weighted by atomic mass is 9.99. The Balaban J connectivity index is 1.29. The van der Waals surface area contributed by atoms with Gasteiger partial charge in [0, 0.05) is 17.8 Å². The number of thiophene rings is 1. The molecule has 0 spiro atoms. The SMILES string of the molecule is O=C(NCCCc1nc2ccccc2[nH]1)c1cc2c(s1)CCCC2. The molecule has 1 aliphatic rings. The lowest BCUT2D eigenvalue weighted by Gasteiger charge is -2.08. The minimum Gasteiger partial charge on any atom is -0.351 e. The second-order valence-electron chi connectivity index (χ2n) is 6.33. The highest BCUT2D eigenvalue weighted by atomic mass is 32.1. The molecule has 4 nitrogen and oxygen atoms in total. The fraction of sp³-hybridized carbons (Fsp3) is 0.368.